The van der Waals surface area contributed by atoms with Crippen LogP contribution in [-0.2, 0) is 4.74 Å². The Bertz CT molecular complexity index is 295. The van der Waals surface area contributed by atoms with Crippen LogP contribution in [0.5, 0.6) is 0 Å². The highest BCUT2D eigenvalue weighted by Gasteiger charge is 1.98. The highest BCUT2D eigenvalue weighted by atomic mass is 35.5. The zero-order chi connectivity index (χ0) is 11.6. The highest BCUT2D eigenvalue weighted by Crippen LogP contribution is 2.07. The summed E-state index contributed by atoms with van der Waals surface area (Å²) in [5.74, 6) is 0. The molecule has 0 heterocycles. The topological polar surface area (TPSA) is 9.23 Å². The summed E-state index contributed by atoms with van der Waals surface area (Å²) < 4.78 is 5.44. The first-order valence-corrected chi connectivity index (χ1v) is 6.25. The molecule has 1 unspecified atom stereocenters. The average molecular weight is 239 g/mol. The van der Waals surface area contributed by atoms with Gasteiger partial charge in [-0.2, -0.15) is 0 Å². The molecular formula is C14H19ClO. The van der Waals surface area contributed by atoms with Crippen LogP contribution in [-0.4, -0.2) is 12.2 Å². The van der Waals surface area contributed by atoms with Crippen LogP contribution in [0.2, 0.25) is 0 Å². The van der Waals surface area contributed by atoms with Gasteiger partial charge in [-0.3, -0.25) is 0 Å². The van der Waals surface area contributed by atoms with Crippen LogP contribution in [0.1, 0.15) is 31.7 Å². The Balaban J connectivity index is 2.23. The molecule has 0 aromatic heterocycles. The lowest BCUT2D eigenvalue weighted by molar-refractivity contribution is 0.132. The summed E-state index contributed by atoms with van der Waals surface area (Å²) in [6.07, 6.45) is 7.35. The Hall–Kier alpha value is -0.790. The molecule has 0 amide bonds. The van der Waals surface area contributed by atoms with E-state index in [0.717, 1.165) is 18.6 Å². The van der Waals surface area contributed by atoms with Crippen LogP contribution >= 0.6 is 11.6 Å². The summed E-state index contributed by atoms with van der Waals surface area (Å²) in [7, 11) is 0. The number of alkyl halides is 1. The van der Waals surface area contributed by atoms with Gasteiger partial charge in [-0.05, 0) is 18.1 Å². The first kappa shape index (κ1) is 13.3. The van der Waals surface area contributed by atoms with E-state index in [1.54, 1.807) is 0 Å². The van der Waals surface area contributed by atoms with Gasteiger partial charge in [0.1, 0.15) is 5.56 Å². The molecule has 0 saturated carbocycles. The van der Waals surface area contributed by atoms with Gasteiger partial charge in [0, 0.05) is 6.61 Å². The fraction of sp³-hybridized carbons (Fsp3) is 0.429. The van der Waals surface area contributed by atoms with Gasteiger partial charge in [0.25, 0.3) is 0 Å². The molecule has 0 aliphatic rings. The van der Waals surface area contributed by atoms with Crippen LogP contribution in [0.25, 0.3) is 6.08 Å². The molecule has 0 radical (unpaired) electrons. The summed E-state index contributed by atoms with van der Waals surface area (Å²) in [6.45, 7) is 2.91. The molecule has 1 aromatic rings. The van der Waals surface area contributed by atoms with Crippen LogP contribution in [0.3, 0.4) is 0 Å². The van der Waals surface area contributed by atoms with E-state index >= 15 is 0 Å². The van der Waals surface area contributed by atoms with Gasteiger partial charge in [0.15, 0.2) is 0 Å². The third-order valence-corrected chi connectivity index (χ3v) is 2.54. The van der Waals surface area contributed by atoms with E-state index in [1.807, 2.05) is 42.5 Å². The lowest BCUT2D eigenvalue weighted by atomic mass is 10.2. The smallest absolute Gasteiger partial charge is 0.150 e. The zero-order valence-electron chi connectivity index (χ0n) is 9.73. The third kappa shape index (κ3) is 5.94. The van der Waals surface area contributed by atoms with Gasteiger partial charge >= 0.3 is 0 Å². The Morgan fingerprint density at radius 1 is 1.25 bits per heavy atom. The van der Waals surface area contributed by atoms with E-state index in [4.69, 9.17) is 16.3 Å². The standard InChI is InChI=1S/C14H19ClO/c1-2-3-7-12-16-14(15)11-10-13-8-5-4-6-9-13/h4-6,8-11,14H,2-3,7,12H2,1H3. The van der Waals surface area contributed by atoms with Crippen molar-refractivity contribution >= 4 is 17.7 Å². The Kier molecular flexibility index (Phi) is 6.95. The van der Waals surface area contributed by atoms with Crippen molar-refractivity contribution in [3.8, 4) is 0 Å². The van der Waals surface area contributed by atoms with Crippen molar-refractivity contribution in [3.63, 3.8) is 0 Å². The zero-order valence-corrected chi connectivity index (χ0v) is 10.5. The number of halogens is 1. The summed E-state index contributed by atoms with van der Waals surface area (Å²) in [5, 5.41) is 0. The molecule has 0 saturated heterocycles. The van der Waals surface area contributed by atoms with E-state index < -0.39 is 0 Å². The lowest BCUT2D eigenvalue weighted by Crippen LogP contribution is -2.02. The number of benzene rings is 1. The van der Waals surface area contributed by atoms with Crippen LogP contribution in [0.4, 0.5) is 0 Å². The molecule has 16 heavy (non-hydrogen) atoms. The summed E-state index contributed by atoms with van der Waals surface area (Å²) in [6, 6.07) is 10.1. The number of ether oxygens (including phenoxy) is 1. The van der Waals surface area contributed by atoms with Crippen LogP contribution in [0, 0.1) is 0 Å². The van der Waals surface area contributed by atoms with Crippen LogP contribution < -0.4 is 0 Å². The van der Waals surface area contributed by atoms with Gasteiger partial charge < -0.3 is 4.74 Å². The first-order chi connectivity index (χ1) is 7.83. The summed E-state index contributed by atoms with van der Waals surface area (Å²) in [4.78, 5) is 0. The van der Waals surface area contributed by atoms with Crippen molar-refractivity contribution in [3.05, 3.63) is 42.0 Å². The molecule has 0 bridgehead atoms. The highest BCUT2D eigenvalue weighted by molar-refractivity contribution is 6.21. The minimum Gasteiger partial charge on any atom is -0.359 e. The molecule has 0 N–H and O–H groups in total. The number of hydrogen-bond donors (Lipinski definition) is 0. The average Bonchev–Trinajstić information content (AvgIpc) is 2.33. The van der Waals surface area contributed by atoms with Crippen molar-refractivity contribution in [2.45, 2.75) is 31.7 Å². The maximum atomic E-state index is 6.00. The Morgan fingerprint density at radius 3 is 2.69 bits per heavy atom. The second-order valence-corrected chi connectivity index (χ2v) is 4.13. The molecule has 1 nitrogen and oxygen atoms in total. The lowest BCUT2D eigenvalue weighted by Gasteiger charge is -2.06. The molecule has 1 atom stereocenters. The molecule has 0 aliphatic carbocycles. The monoisotopic (exact) mass is 238 g/mol. The number of rotatable bonds is 7. The van der Waals surface area contributed by atoms with Gasteiger partial charge in [-0.15, -0.1) is 0 Å². The summed E-state index contributed by atoms with van der Waals surface area (Å²) >= 11 is 6.00. The van der Waals surface area contributed by atoms with E-state index in [1.165, 1.54) is 12.8 Å². The van der Waals surface area contributed by atoms with E-state index in [0.29, 0.717) is 0 Å². The maximum Gasteiger partial charge on any atom is 0.150 e. The second-order valence-electron chi connectivity index (χ2n) is 3.70. The van der Waals surface area contributed by atoms with Crippen molar-refractivity contribution in [2.75, 3.05) is 6.61 Å². The predicted octanol–water partition coefficient (Wildman–Crippen LogP) is 4.47. The normalized spacial score (nSPS) is 13.1. The molecule has 0 fully saturated rings. The van der Waals surface area contributed by atoms with Gasteiger partial charge in [-0.25, -0.2) is 0 Å². The fourth-order valence-electron chi connectivity index (χ4n) is 1.35. The molecule has 1 aromatic carbocycles. The SMILES string of the molecule is CCCCCOC(Cl)C=Cc1ccccc1. The predicted molar refractivity (Wildman–Crippen MR) is 70.6 cm³/mol. The largest absolute Gasteiger partial charge is 0.359 e. The number of unbranched alkanes of at least 4 members (excludes halogenated alkanes) is 2. The van der Waals surface area contributed by atoms with E-state index in [9.17, 15) is 0 Å². The van der Waals surface area contributed by atoms with Crippen molar-refractivity contribution < 1.29 is 4.74 Å². The minimum absolute atomic E-state index is 0.322. The molecule has 2 heteroatoms. The van der Waals surface area contributed by atoms with Gasteiger partial charge in [0.05, 0.1) is 0 Å². The molecule has 1 rings (SSSR count). The third-order valence-electron chi connectivity index (χ3n) is 2.26. The first-order valence-electron chi connectivity index (χ1n) is 5.82. The molecule has 88 valence electrons. The van der Waals surface area contributed by atoms with Gasteiger partial charge in [0.2, 0.25) is 0 Å². The Morgan fingerprint density at radius 2 is 2.00 bits per heavy atom. The quantitative estimate of drug-likeness (QED) is 0.503. The van der Waals surface area contributed by atoms with Crippen molar-refractivity contribution in [1.29, 1.82) is 0 Å². The summed E-state index contributed by atoms with van der Waals surface area (Å²) in [5.41, 5.74) is 0.822. The molecular weight excluding hydrogens is 220 g/mol. The van der Waals surface area contributed by atoms with Crippen molar-refractivity contribution in [2.24, 2.45) is 0 Å². The molecule has 0 spiro atoms. The van der Waals surface area contributed by atoms with E-state index in [-0.39, 0.29) is 5.56 Å². The van der Waals surface area contributed by atoms with E-state index in [2.05, 4.69) is 6.92 Å². The molecule has 0 aliphatic heterocycles. The van der Waals surface area contributed by atoms with Crippen molar-refractivity contribution in [1.82, 2.24) is 0 Å². The fourth-order valence-corrected chi connectivity index (χ4v) is 1.52. The Labute approximate surface area is 103 Å². The van der Waals surface area contributed by atoms with Gasteiger partial charge in [-0.1, -0.05) is 67.8 Å². The minimum atomic E-state index is -0.322. The maximum absolute atomic E-state index is 6.00. The number of hydrogen-bond acceptors (Lipinski definition) is 1. The van der Waals surface area contributed by atoms with Crippen LogP contribution in [0.15, 0.2) is 36.4 Å². The second kappa shape index (κ2) is 8.37.